The minimum atomic E-state index is 0. The van der Waals surface area contributed by atoms with Crippen LogP contribution in [0.2, 0.25) is 0 Å². The molecule has 0 fully saturated rings. The van der Waals surface area contributed by atoms with Gasteiger partial charge in [-0.05, 0) is 0 Å². The Labute approximate surface area is 112 Å². The van der Waals surface area contributed by atoms with E-state index >= 15 is 0 Å². The third-order valence-electron chi connectivity index (χ3n) is 3.37. The van der Waals surface area contributed by atoms with Crippen LogP contribution in [-0.2, 0) is 19.5 Å². The van der Waals surface area contributed by atoms with Crippen LogP contribution in [0.1, 0.15) is 27.8 Å². The van der Waals surface area contributed by atoms with Crippen LogP contribution in [0.5, 0.6) is 0 Å². The molecule has 0 nitrogen and oxygen atoms in total. The van der Waals surface area contributed by atoms with Crippen molar-refractivity contribution in [3.63, 3.8) is 0 Å². The average Bonchev–Trinajstić information content (AvgIpc) is 2.86. The van der Waals surface area contributed by atoms with Gasteiger partial charge in [0.1, 0.15) is 0 Å². The predicted octanol–water partition coefficient (Wildman–Crippen LogP) is 4.35. The number of rotatable bonds is 0. The van der Waals surface area contributed by atoms with Crippen LogP contribution >= 0.6 is 0 Å². The first-order valence-corrected chi connectivity index (χ1v) is 5.42. The molecule has 0 aliphatic rings. The molecule has 0 saturated heterocycles. The first-order chi connectivity index (χ1) is 7.05. The Balaban J connectivity index is 0.000000318. The van der Waals surface area contributed by atoms with E-state index in [-0.39, 0.29) is 19.5 Å². The van der Waals surface area contributed by atoms with Gasteiger partial charge >= 0.3 is 19.5 Å². The van der Waals surface area contributed by atoms with Gasteiger partial charge in [0.25, 0.3) is 0 Å². The second-order valence-electron chi connectivity index (χ2n) is 4.09. The zero-order valence-corrected chi connectivity index (χ0v) is 12.5. The van der Waals surface area contributed by atoms with Crippen molar-refractivity contribution < 1.29 is 19.5 Å². The van der Waals surface area contributed by atoms with Gasteiger partial charge in [0.2, 0.25) is 0 Å². The summed E-state index contributed by atoms with van der Waals surface area (Å²) in [6.45, 7) is 11.0. The Morgan fingerprint density at radius 2 is 1.25 bits per heavy atom. The standard InChI is InChI=1S/C10H15.C5H5.Ru/c1-6-7(2)9(4)10(5)8(6)3;1-2-4-5-3-1;/h1-5H3;1-5H;/q2*-1;+2. The van der Waals surface area contributed by atoms with Gasteiger partial charge in [-0.25, -0.2) is 12.1 Å². The predicted molar refractivity (Wildman–Crippen MR) is 67.8 cm³/mol. The zero-order valence-electron chi connectivity index (χ0n) is 10.7. The largest absolute Gasteiger partial charge is 2.00 e. The maximum atomic E-state index is 2.20. The van der Waals surface area contributed by atoms with Crippen molar-refractivity contribution in [1.82, 2.24) is 0 Å². The minimum absolute atomic E-state index is 0. The van der Waals surface area contributed by atoms with Crippen molar-refractivity contribution in [2.45, 2.75) is 34.6 Å². The third kappa shape index (κ3) is 3.42. The van der Waals surface area contributed by atoms with Crippen LogP contribution in [0.25, 0.3) is 0 Å². The molecule has 16 heavy (non-hydrogen) atoms. The Bertz CT molecular complexity index is 308. The summed E-state index contributed by atoms with van der Waals surface area (Å²) in [4.78, 5) is 0. The van der Waals surface area contributed by atoms with Gasteiger partial charge < -0.3 is 0 Å². The smallest absolute Gasteiger partial charge is 0.214 e. The van der Waals surface area contributed by atoms with Crippen molar-refractivity contribution in [3.05, 3.63) is 58.1 Å². The van der Waals surface area contributed by atoms with Crippen LogP contribution in [0.4, 0.5) is 0 Å². The Kier molecular flexibility index (Phi) is 6.52. The molecule has 0 aliphatic carbocycles. The fourth-order valence-electron chi connectivity index (χ4n) is 1.73. The molecule has 2 aromatic rings. The van der Waals surface area contributed by atoms with Gasteiger partial charge in [-0.3, -0.25) is 0 Å². The topological polar surface area (TPSA) is 0 Å². The Hall–Kier alpha value is -0.677. The molecule has 88 valence electrons. The molecule has 0 aliphatic heterocycles. The van der Waals surface area contributed by atoms with E-state index in [2.05, 4.69) is 34.6 Å². The molecule has 1 heteroatoms. The van der Waals surface area contributed by atoms with Gasteiger partial charge in [-0.15, -0.1) is 0 Å². The molecule has 2 aromatic carbocycles. The van der Waals surface area contributed by atoms with E-state index < -0.39 is 0 Å². The van der Waals surface area contributed by atoms with E-state index in [1.54, 1.807) is 0 Å². The van der Waals surface area contributed by atoms with E-state index in [9.17, 15) is 0 Å². The summed E-state index contributed by atoms with van der Waals surface area (Å²) in [6.07, 6.45) is 0. The molecule has 2 rings (SSSR count). The van der Waals surface area contributed by atoms with E-state index in [1.165, 1.54) is 27.8 Å². The van der Waals surface area contributed by atoms with Gasteiger partial charge in [0.15, 0.2) is 0 Å². The summed E-state index contributed by atoms with van der Waals surface area (Å²) in [7, 11) is 0. The summed E-state index contributed by atoms with van der Waals surface area (Å²) in [5.41, 5.74) is 7.34. The van der Waals surface area contributed by atoms with E-state index in [1.807, 2.05) is 30.3 Å². The molecule has 0 saturated carbocycles. The first kappa shape index (κ1) is 15.3. The van der Waals surface area contributed by atoms with Gasteiger partial charge in [0.05, 0.1) is 0 Å². The Morgan fingerprint density at radius 3 is 1.38 bits per heavy atom. The number of hydrogen-bond donors (Lipinski definition) is 0. The van der Waals surface area contributed by atoms with Crippen LogP contribution in [0.15, 0.2) is 30.3 Å². The molecular formula is C15H20Ru. The Morgan fingerprint density at radius 1 is 0.875 bits per heavy atom. The second-order valence-corrected chi connectivity index (χ2v) is 4.09. The fraction of sp³-hybridized carbons (Fsp3) is 0.333. The molecule has 0 N–H and O–H groups in total. The molecule has 0 spiro atoms. The van der Waals surface area contributed by atoms with Crippen LogP contribution in [0, 0.1) is 34.6 Å². The summed E-state index contributed by atoms with van der Waals surface area (Å²) in [6, 6.07) is 10.0. The van der Waals surface area contributed by atoms with Gasteiger partial charge in [-0.1, -0.05) is 34.6 Å². The summed E-state index contributed by atoms with van der Waals surface area (Å²) >= 11 is 0. The van der Waals surface area contributed by atoms with Crippen LogP contribution in [-0.4, -0.2) is 0 Å². The molecule has 0 radical (unpaired) electrons. The molecule has 0 bridgehead atoms. The summed E-state index contributed by atoms with van der Waals surface area (Å²) in [5, 5.41) is 0. The second kappa shape index (κ2) is 6.81. The summed E-state index contributed by atoms with van der Waals surface area (Å²) < 4.78 is 0. The van der Waals surface area contributed by atoms with E-state index in [0.717, 1.165) is 0 Å². The zero-order chi connectivity index (χ0) is 11.4. The molecular weight excluding hydrogens is 281 g/mol. The van der Waals surface area contributed by atoms with Crippen molar-refractivity contribution >= 4 is 0 Å². The quantitative estimate of drug-likeness (QED) is 0.501. The average molecular weight is 301 g/mol. The van der Waals surface area contributed by atoms with Crippen LogP contribution in [0.3, 0.4) is 0 Å². The van der Waals surface area contributed by atoms with Crippen molar-refractivity contribution in [2.24, 2.45) is 0 Å². The first-order valence-electron chi connectivity index (χ1n) is 5.42. The normalized spacial score (nSPS) is 9.06. The van der Waals surface area contributed by atoms with Gasteiger partial charge in [0, 0.05) is 0 Å². The maximum Gasteiger partial charge on any atom is 2.00 e. The molecule has 0 unspecified atom stereocenters. The van der Waals surface area contributed by atoms with Crippen LogP contribution < -0.4 is 0 Å². The number of hydrogen-bond acceptors (Lipinski definition) is 0. The van der Waals surface area contributed by atoms with E-state index in [0.29, 0.717) is 0 Å². The van der Waals surface area contributed by atoms with Crippen molar-refractivity contribution in [3.8, 4) is 0 Å². The monoisotopic (exact) mass is 302 g/mol. The van der Waals surface area contributed by atoms with E-state index in [4.69, 9.17) is 0 Å². The third-order valence-corrected chi connectivity index (χ3v) is 3.37. The SMILES string of the molecule is Cc1c(C)c(C)[c-](C)c1C.[Ru+2].c1cc[cH-]c1. The summed E-state index contributed by atoms with van der Waals surface area (Å²) in [5.74, 6) is 0. The molecule has 0 atom stereocenters. The maximum absolute atomic E-state index is 2.20. The molecule has 0 amide bonds. The molecule has 0 aromatic heterocycles. The fourth-order valence-corrected chi connectivity index (χ4v) is 1.73. The molecule has 0 heterocycles. The van der Waals surface area contributed by atoms with Crippen molar-refractivity contribution in [1.29, 1.82) is 0 Å². The minimum Gasteiger partial charge on any atom is -0.214 e. The van der Waals surface area contributed by atoms with Crippen molar-refractivity contribution in [2.75, 3.05) is 0 Å². The van der Waals surface area contributed by atoms with Gasteiger partial charge in [-0.2, -0.15) is 46.0 Å².